The number of carbonyl (C=O) groups is 1. The summed E-state index contributed by atoms with van der Waals surface area (Å²) in [5.74, 6) is -0.951. The normalized spacial score (nSPS) is 16.3. The summed E-state index contributed by atoms with van der Waals surface area (Å²) in [5.41, 5.74) is 5.74. The molecule has 64 valence electrons. The van der Waals surface area contributed by atoms with Crippen molar-refractivity contribution in [3.05, 3.63) is 11.5 Å². The van der Waals surface area contributed by atoms with Crippen molar-refractivity contribution in [1.82, 2.24) is 4.98 Å². The molecular weight excluding hydrogens is 160 g/mol. The minimum atomic E-state index is -1.10. The van der Waals surface area contributed by atoms with Gasteiger partial charge in [-0.3, -0.25) is 0 Å². The van der Waals surface area contributed by atoms with E-state index < -0.39 is 5.97 Å². The van der Waals surface area contributed by atoms with Crippen molar-refractivity contribution in [3.8, 4) is 0 Å². The zero-order chi connectivity index (χ0) is 8.72. The first-order chi connectivity index (χ1) is 5.68. The first-order valence-corrected chi connectivity index (χ1v) is 3.68. The maximum Gasteiger partial charge on any atom is 0.373 e. The Balaban J connectivity index is 2.43. The van der Waals surface area contributed by atoms with Gasteiger partial charge in [0.05, 0.1) is 5.69 Å². The van der Waals surface area contributed by atoms with E-state index >= 15 is 0 Å². The lowest BCUT2D eigenvalue weighted by molar-refractivity contribution is 0.0662. The lowest BCUT2D eigenvalue weighted by Crippen LogP contribution is -1.98. The summed E-state index contributed by atoms with van der Waals surface area (Å²) in [4.78, 5) is 14.4. The molecule has 0 aromatic carbocycles. The maximum atomic E-state index is 10.6. The fraction of sp³-hybridized carbons (Fsp3) is 0.429. The molecule has 1 aromatic heterocycles. The van der Waals surface area contributed by atoms with Crippen LogP contribution in [0, 0.1) is 0 Å². The van der Waals surface area contributed by atoms with Crippen LogP contribution in [0.3, 0.4) is 0 Å². The average Bonchev–Trinajstić information content (AvgIpc) is 2.75. The summed E-state index contributed by atoms with van der Waals surface area (Å²) in [7, 11) is 0. The fourth-order valence-electron chi connectivity index (χ4n) is 1.14. The van der Waals surface area contributed by atoms with Crippen LogP contribution in [0.25, 0.3) is 0 Å². The average molecular weight is 168 g/mol. The van der Waals surface area contributed by atoms with Crippen molar-refractivity contribution in [1.29, 1.82) is 0 Å². The quantitative estimate of drug-likeness (QED) is 0.682. The van der Waals surface area contributed by atoms with Crippen molar-refractivity contribution < 1.29 is 14.3 Å². The highest BCUT2D eigenvalue weighted by atomic mass is 16.4. The Kier molecular flexibility index (Phi) is 1.33. The van der Waals surface area contributed by atoms with Gasteiger partial charge in [0.25, 0.3) is 6.01 Å². The van der Waals surface area contributed by atoms with Gasteiger partial charge in [-0.25, -0.2) is 4.79 Å². The number of aromatic nitrogens is 1. The van der Waals surface area contributed by atoms with Crippen LogP contribution in [0.1, 0.15) is 35.0 Å². The Bertz CT molecular complexity index is 327. The molecule has 0 radical (unpaired) electrons. The van der Waals surface area contributed by atoms with Gasteiger partial charge in [0.1, 0.15) is 0 Å². The van der Waals surface area contributed by atoms with Gasteiger partial charge in [-0.2, -0.15) is 4.98 Å². The second kappa shape index (κ2) is 2.23. The molecule has 1 fully saturated rings. The van der Waals surface area contributed by atoms with Crippen LogP contribution in [0.4, 0.5) is 6.01 Å². The second-order valence-electron chi connectivity index (χ2n) is 2.85. The van der Waals surface area contributed by atoms with Gasteiger partial charge in [-0.15, -0.1) is 0 Å². The Morgan fingerprint density at radius 1 is 1.67 bits per heavy atom. The molecule has 1 saturated carbocycles. The minimum Gasteiger partial charge on any atom is -0.475 e. The third kappa shape index (κ3) is 1.03. The Morgan fingerprint density at radius 3 is 2.83 bits per heavy atom. The van der Waals surface area contributed by atoms with Crippen molar-refractivity contribution in [2.75, 3.05) is 5.73 Å². The number of nitrogens with zero attached hydrogens (tertiary/aromatic N) is 1. The Hall–Kier alpha value is -1.52. The molecule has 0 unspecified atom stereocenters. The van der Waals surface area contributed by atoms with E-state index in [1.807, 2.05) is 0 Å². The zero-order valence-electron chi connectivity index (χ0n) is 6.28. The predicted octanol–water partition coefficient (Wildman–Crippen LogP) is 0.832. The molecule has 2 rings (SSSR count). The molecule has 1 heterocycles. The van der Waals surface area contributed by atoms with Gasteiger partial charge < -0.3 is 15.3 Å². The first-order valence-electron chi connectivity index (χ1n) is 3.68. The van der Waals surface area contributed by atoms with Gasteiger partial charge >= 0.3 is 5.97 Å². The van der Waals surface area contributed by atoms with Crippen LogP contribution in [-0.2, 0) is 0 Å². The van der Waals surface area contributed by atoms with Gasteiger partial charge in [0.15, 0.2) is 0 Å². The molecule has 0 aliphatic heterocycles. The molecule has 0 spiro atoms. The van der Waals surface area contributed by atoms with E-state index in [1.165, 1.54) is 0 Å². The van der Waals surface area contributed by atoms with Crippen LogP contribution >= 0.6 is 0 Å². The van der Waals surface area contributed by atoms with Crippen molar-refractivity contribution >= 4 is 12.0 Å². The third-order valence-corrected chi connectivity index (χ3v) is 1.83. The van der Waals surface area contributed by atoms with Gasteiger partial charge in [-0.1, -0.05) is 0 Å². The third-order valence-electron chi connectivity index (χ3n) is 1.83. The van der Waals surface area contributed by atoms with Crippen molar-refractivity contribution in [3.63, 3.8) is 0 Å². The summed E-state index contributed by atoms with van der Waals surface area (Å²) in [6.45, 7) is 0. The predicted molar refractivity (Wildman–Crippen MR) is 39.8 cm³/mol. The van der Waals surface area contributed by atoms with E-state index in [0.717, 1.165) is 12.8 Å². The molecule has 5 nitrogen and oxygen atoms in total. The second-order valence-corrected chi connectivity index (χ2v) is 2.85. The smallest absolute Gasteiger partial charge is 0.373 e. The van der Waals surface area contributed by atoms with Crippen LogP contribution in [0.5, 0.6) is 0 Å². The summed E-state index contributed by atoms with van der Waals surface area (Å²) < 4.78 is 4.74. The molecule has 0 saturated heterocycles. The maximum absolute atomic E-state index is 10.6. The number of carboxylic acids is 1. The summed E-state index contributed by atoms with van der Waals surface area (Å²) in [6.07, 6.45) is 1.96. The topological polar surface area (TPSA) is 89.3 Å². The molecule has 3 N–H and O–H groups in total. The molecular formula is C7H8N2O3. The van der Waals surface area contributed by atoms with Crippen LogP contribution in [0.2, 0.25) is 0 Å². The highest BCUT2D eigenvalue weighted by Crippen LogP contribution is 2.41. The number of nitrogen functional groups attached to an aromatic ring is 1. The highest BCUT2D eigenvalue weighted by molar-refractivity contribution is 5.86. The zero-order valence-corrected chi connectivity index (χ0v) is 6.28. The van der Waals surface area contributed by atoms with E-state index in [4.69, 9.17) is 15.3 Å². The summed E-state index contributed by atoms with van der Waals surface area (Å²) in [5, 5.41) is 8.67. The Morgan fingerprint density at radius 2 is 2.33 bits per heavy atom. The van der Waals surface area contributed by atoms with E-state index in [0.29, 0.717) is 5.69 Å². The van der Waals surface area contributed by atoms with Gasteiger partial charge in [0.2, 0.25) is 5.76 Å². The highest BCUT2D eigenvalue weighted by Gasteiger charge is 2.33. The SMILES string of the molecule is Nc1nc(C2CC2)c(C(=O)O)o1. The van der Waals surface area contributed by atoms with Gasteiger partial charge in [0, 0.05) is 5.92 Å². The summed E-state index contributed by atoms with van der Waals surface area (Å²) in [6, 6.07) is -0.0608. The largest absolute Gasteiger partial charge is 0.475 e. The molecule has 12 heavy (non-hydrogen) atoms. The molecule has 0 atom stereocenters. The first kappa shape index (κ1) is 7.15. The van der Waals surface area contributed by atoms with E-state index in [9.17, 15) is 4.79 Å². The number of rotatable bonds is 2. The summed E-state index contributed by atoms with van der Waals surface area (Å²) >= 11 is 0. The number of aromatic carboxylic acids is 1. The molecule has 1 aromatic rings. The van der Waals surface area contributed by atoms with Crippen molar-refractivity contribution in [2.45, 2.75) is 18.8 Å². The Labute approximate surface area is 68.2 Å². The number of oxazole rings is 1. The van der Waals surface area contributed by atoms with E-state index in [2.05, 4.69) is 4.98 Å². The number of nitrogens with two attached hydrogens (primary N) is 1. The van der Waals surface area contributed by atoms with E-state index in [-0.39, 0.29) is 17.7 Å². The number of hydrogen-bond acceptors (Lipinski definition) is 4. The van der Waals surface area contributed by atoms with Crippen molar-refractivity contribution in [2.24, 2.45) is 0 Å². The molecule has 5 heteroatoms. The number of hydrogen-bond donors (Lipinski definition) is 2. The molecule has 1 aliphatic carbocycles. The van der Waals surface area contributed by atoms with Gasteiger partial charge in [-0.05, 0) is 12.8 Å². The lowest BCUT2D eigenvalue weighted by Gasteiger charge is -1.89. The molecule has 0 amide bonds. The standard InChI is InChI=1S/C7H8N2O3/c8-7-9-4(3-1-2-3)5(12-7)6(10)11/h3H,1-2H2,(H2,8,9)(H,10,11). The van der Waals surface area contributed by atoms with Crippen LogP contribution in [0.15, 0.2) is 4.42 Å². The fourth-order valence-corrected chi connectivity index (χ4v) is 1.14. The van der Waals surface area contributed by atoms with E-state index in [1.54, 1.807) is 0 Å². The van der Waals surface area contributed by atoms with Crippen LogP contribution in [-0.4, -0.2) is 16.1 Å². The molecule has 0 bridgehead atoms. The number of anilines is 1. The monoisotopic (exact) mass is 168 g/mol. The molecule has 1 aliphatic rings. The lowest BCUT2D eigenvalue weighted by atomic mass is 10.2. The van der Waals surface area contributed by atoms with Crippen LogP contribution < -0.4 is 5.73 Å². The number of carboxylic acid groups (broad SMARTS) is 1. The minimum absolute atomic E-state index is 0.0608.